The summed E-state index contributed by atoms with van der Waals surface area (Å²) in [7, 11) is 1.39. The Hall–Kier alpha value is -1.77. The summed E-state index contributed by atoms with van der Waals surface area (Å²) in [5, 5.41) is 0.986. The number of rotatable bonds is 2. The molecule has 0 aliphatic heterocycles. The minimum Gasteiger partial charge on any atom is -0.469 e. The first-order valence-electron chi connectivity index (χ1n) is 4.76. The van der Waals surface area contributed by atoms with Crippen LogP contribution in [0.1, 0.15) is 11.3 Å². The Labute approximate surface area is 87.6 Å². The van der Waals surface area contributed by atoms with Crippen LogP contribution in [0, 0.1) is 6.92 Å². The molecule has 0 saturated carbocycles. The first kappa shape index (κ1) is 9.77. The van der Waals surface area contributed by atoms with Gasteiger partial charge in [0.25, 0.3) is 0 Å². The average Bonchev–Trinajstić information content (AvgIpc) is 2.55. The topological polar surface area (TPSA) is 39.4 Å². The maximum atomic E-state index is 11.2. The fourth-order valence-electron chi connectivity index (χ4n) is 1.66. The molecule has 0 unspecified atom stereocenters. The van der Waals surface area contributed by atoms with Crippen molar-refractivity contribution in [2.24, 2.45) is 0 Å². The number of carbonyl (C=O) groups is 1. The number of esters is 1. The quantitative estimate of drug-likeness (QED) is 0.705. The van der Waals surface area contributed by atoms with Gasteiger partial charge in [-0.1, -0.05) is 18.2 Å². The van der Waals surface area contributed by atoms with Crippen molar-refractivity contribution < 1.29 is 13.9 Å². The molecular weight excluding hydrogens is 192 g/mol. The standard InChI is InChI=1S/C12H12O3/c1-8-10(7-12(13)14-2)9-5-3-4-6-11(9)15-8/h3-6H,7H2,1-2H3. The summed E-state index contributed by atoms with van der Waals surface area (Å²) < 4.78 is 10.2. The number of benzene rings is 1. The van der Waals surface area contributed by atoms with E-state index in [-0.39, 0.29) is 12.4 Å². The molecule has 3 nitrogen and oxygen atoms in total. The lowest BCUT2D eigenvalue weighted by Gasteiger charge is -1.98. The highest BCUT2D eigenvalue weighted by molar-refractivity contribution is 5.86. The zero-order valence-electron chi connectivity index (χ0n) is 8.74. The van der Waals surface area contributed by atoms with Crippen LogP contribution in [0.5, 0.6) is 0 Å². The summed E-state index contributed by atoms with van der Waals surface area (Å²) in [5.41, 5.74) is 1.73. The third-order valence-electron chi connectivity index (χ3n) is 2.45. The molecular formula is C12H12O3. The van der Waals surface area contributed by atoms with Crippen LogP contribution in [0.3, 0.4) is 0 Å². The maximum Gasteiger partial charge on any atom is 0.310 e. The molecule has 1 aromatic heterocycles. The smallest absolute Gasteiger partial charge is 0.310 e. The zero-order valence-corrected chi connectivity index (χ0v) is 8.74. The molecule has 0 saturated heterocycles. The predicted octanol–water partition coefficient (Wildman–Crippen LogP) is 2.46. The molecule has 0 bridgehead atoms. The molecule has 3 heteroatoms. The van der Waals surface area contributed by atoms with E-state index >= 15 is 0 Å². The summed E-state index contributed by atoms with van der Waals surface area (Å²) in [5.74, 6) is 0.534. The van der Waals surface area contributed by atoms with Crippen LogP contribution in [0.25, 0.3) is 11.0 Å². The number of hydrogen-bond acceptors (Lipinski definition) is 3. The van der Waals surface area contributed by atoms with E-state index in [1.54, 1.807) is 0 Å². The second-order valence-electron chi connectivity index (χ2n) is 3.39. The number of hydrogen-bond donors (Lipinski definition) is 0. The number of furan rings is 1. The molecule has 0 aliphatic carbocycles. The van der Waals surface area contributed by atoms with Crippen molar-refractivity contribution in [3.63, 3.8) is 0 Å². The van der Waals surface area contributed by atoms with E-state index in [0.29, 0.717) is 0 Å². The van der Waals surface area contributed by atoms with Crippen LogP contribution < -0.4 is 0 Å². The fraction of sp³-hybridized carbons (Fsp3) is 0.250. The lowest BCUT2D eigenvalue weighted by Crippen LogP contribution is -2.04. The second kappa shape index (κ2) is 3.77. The Morgan fingerprint density at radius 3 is 2.87 bits per heavy atom. The maximum absolute atomic E-state index is 11.2. The normalized spacial score (nSPS) is 10.5. The van der Waals surface area contributed by atoms with Crippen LogP contribution in [0.2, 0.25) is 0 Å². The molecule has 2 rings (SSSR count). The molecule has 0 atom stereocenters. The van der Waals surface area contributed by atoms with Crippen LogP contribution in [0.4, 0.5) is 0 Å². The van der Waals surface area contributed by atoms with Gasteiger partial charge in [0, 0.05) is 10.9 Å². The molecule has 1 heterocycles. The molecule has 0 radical (unpaired) electrons. The Morgan fingerprint density at radius 2 is 2.13 bits per heavy atom. The van der Waals surface area contributed by atoms with Crippen LogP contribution >= 0.6 is 0 Å². The number of carbonyl (C=O) groups excluding carboxylic acids is 1. The average molecular weight is 204 g/mol. The number of para-hydroxylation sites is 1. The van der Waals surface area contributed by atoms with Gasteiger partial charge in [0.2, 0.25) is 0 Å². The largest absolute Gasteiger partial charge is 0.469 e. The van der Waals surface area contributed by atoms with Crippen molar-refractivity contribution in [2.75, 3.05) is 7.11 Å². The van der Waals surface area contributed by atoms with E-state index in [0.717, 1.165) is 22.3 Å². The number of ether oxygens (including phenoxy) is 1. The van der Waals surface area contributed by atoms with Crippen molar-refractivity contribution in [3.8, 4) is 0 Å². The van der Waals surface area contributed by atoms with Gasteiger partial charge >= 0.3 is 5.97 Å². The Balaban J connectivity index is 2.49. The molecule has 0 aliphatic rings. The third-order valence-corrected chi connectivity index (χ3v) is 2.45. The first-order chi connectivity index (χ1) is 7.22. The minimum atomic E-state index is -0.246. The number of aryl methyl sites for hydroxylation is 1. The van der Waals surface area contributed by atoms with Gasteiger partial charge in [-0.3, -0.25) is 4.79 Å². The van der Waals surface area contributed by atoms with Gasteiger partial charge in [-0.25, -0.2) is 0 Å². The van der Waals surface area contributed by atoms with Crippen molar-refractivity contribution in [1.29, 1.82) is 0 Å². The Bertz CT molecular complexity index is 497. The number of fused-ring (bicyclic) bond motifs is 1. The summed E-state index contributed by atoms with van der Waals surface area (Å²) in [6, 6.07) is 7.68. The highest BCUT2D eigenvalue weighted by Gasteiger charge is 2.13. The summed E-state index contributed by atoms with van der Waals surface area (Å²) in [6.07, 6.45) is 0.263. The molecule has 0 spiro atoms. The molecule has 2 aromatic rings. The lowest BCUT2D eigenvalue weighted by molar-refractivity contribution is -0.139. The van der Waals surface area contributed by atoms with E-state index in [2.05, 4.69) is 4.74 Å². The van der Waals surface area contributed by atoms with E-state index in [1.165, 1.54) is 7.11 Å². The van der Waals surface area contributed by atoms with Gasteiger partial charge in [0.15, 0.2) is 0 Å². The molecule has 0 fully saturated rings. The predicted molar refractivity (Wildman–Crippen MR) is 56.7 cm³/mol. The molecule has 0 N–H and O–H groups in total. The van der Waals surface area contributed by atoms with E-state index in [4.69, 9.17) is 4.42 Å². The van der Waals surface area contributed by atoms with Crippen LogP contribution in [-0.4, -0.2) is 13.1 Å². The monoisotopic (exact) mass is 204 g/mol. The second-order valence-corrected chi connectivity index (χ2v) is 3.39. The molecule has 0 amide bonds. The van der Waals surface area contributed by atoms with E-state index in [9.17, 15) is 4.79 Å². The SMILES string of the molecule is COC(=O)Cc1c(C)oc2ccccc12. The molecule has 78 valence electrons. The van der Waals surface area contributed by atoms with Gasteiger partial charge in [-0.2, -0.15) is 0 Å². The van der Waals surface area contributed by atoms with Gasteiger partial charge in [-0.05, 0) is 13.0 Å². The van der Waals surface area contributed by atoms with E-state index in [1.807, 2.05) is 31.2 Å². The summed E-state index contributed by atoms with van der Waals surface area (Å²) >= 11 is 0. The Morgan fingerprint density at radius 1 is 1.40 bits per heavy atom. The fourth-order valence-corrected chi connectivity index (χ4v) is 1.66. The van der Waals surface area contributed by atoms with Gasteiger partial charge < -0.3 is 9.15 Å². The number of methoxy groups -OCH3 is 1. The highest BCUT2D eigenvalue weighted by atomic mass is 16.5. The van der Waals surface area contributed by atoms with Gasteiger partial charge in [-0.15, -0.1) is 0 Å². The molecule has 15 heavy (non-hydrogen) atoms. The van der Waals surface area contributed by atoms with Crippen molar-refractivity contribution in [3.05, 3.63) is 35.6 Å². The summed E-state index contributed by atoms with van der Waals surface area (Å²) in [6.45, 7) is 1.86. The Kier molecular flexibility index (Phi) is 2.46. The highest BCUT2D eigenvalue weighted by Crippen LogP contribution is 2.25. The minimum absolute atomic E-state index is 0.246. The van der Waals surface area contributed by atoms with Crippen molar-refractivity contribution in [1.82, 2.24) is 0 Å². The van der Waals surface area contributed by atoms with Crippen molar-refractivity contribution >= 4 is 16.9 Å². The van der Waals surface area contributed by atoms with Crippen molar-refractivity contribution in [2.45, 2.75) is 13.3 Å². The van der Waals surface area contributed by atoms with Crippen LogP contribution in [0.15, 0.2) is 28.7 Å². The molecule has 1 aromatic carbocycles. The van der Waals surface area contributed by atoms with Crippen LogP contribution in [-0.2, 0) is 16.0 Å². The zero-order chi connectivity index (χ0) is 10.8. The van der Waals surface area contributed by atoms with Gasteiger partial charge in [0.05, 0.1) is 13.5 Å². The van der Waals surface area contributed by atoms with E-state index < -0.39 is 0 Å². The third kappa shape index (κ3) is 1.73. The lowest BCUT2D eigenvalue weighted by atomic mass is 10.1. The van der Waals surface area contributed by atoms with Gasteiger partial charge in [0.1, 0.15) is 11.3 Å². The summed E-state index contributed by atoms with van der Waals surface area (Å²) in [4.78, 5) is 11.2. The first-order valence-corrected chi connectivity index (χ1v) is 4.76.